The molecular formula is C24H27F4N5O5. The van der Waals surface area contributed by atoms with Crippen molar-refractivity contribution in [2.24, 2.45) is 0 Å². The first-order valence-electron chi connectivity index (χ1n) is 12.0. The summed E-state index contributed by atoms with van der Waals surface area (Å²) in [7, 11) is 0. The molecule has 0 aliphatic carbocycles. The summed E-state index contributed by atoms with van der Waals surface area (Å²) in [6.45, 7) is 6.66. The summed E-state index contributed by atoms with van der Waals surface area (Å²) in [5, 5.41) is 12.1. The zero-order valence-corrected chi connectivity index (χ0v) is 20.7. The van der Waals surface area contributed by atoms with Crippen LogP contribution in [-0.4, -0.2) is 74.3 Å². The number of fused-ring (bicyclic) bond motifs is 1. The minimum Gasteiger partial charge on any atom is -0.487 e. The second-order valence-corrected chi connectivity index (χ2v) is 9.20. The standard InChI is InChI=1S/C22H26FN5O3.C2HF3O2/c1-13-3-4-15(23)9-19(13)31-17-11-27(12-17)14(2)20-25-21-18(22(29)26-20)10-24-28(21)16-5-7-30-8-6-16;3-2(4,5)1(6)7/h3-4,9-10,14,16-17H,5-8,11-12H2,1-2H3,(H,25,26,29);(H,6,7). The number of nitrogens with one attached hydrogen (secondary N) is 1. The molecule has 10 nitrogen and oxygen atoms in total. The molecule has 0 spiro atoms. The SMILES string of the molecule is Cc1ccc(F)cc1OC1CN(C(C)c2nc3c(cnn3C3CCOCC3)c(=O)[nH]2)C1.O=C(O)C(F)(F)F. The average molecular weight is 542 g/mol. The van der Waals surface area contributed by atoms with Crippen molar-refractivity contribution in [3.63, 3.8) is 0 Å². The van der Waals surface area contributed by atoms with Gasteiger partial charge < -0.3 is 19.6 Å². The number of hydrogen-bond donors (Lipinski definition) is 2. The first kappa shape index (κ1) is 27.5. The van der Waals surface area contributed by atoms with Crippen LogP contribution in [-0.2, 0) is 9.53 Å². The maximum Gasteiger partial charge on any atom is 0.490 e. The van der Waals surface area contributed by atoms with E-state index in [9.17, 15) is 22.4 Å². The Labute approximate surface area is 214 Å². The molecule has 0 radical (unpaired) electrons. The van der Waals surface area contributed by atoms with Crippen LogP contribution >= 0.6 is 0 Å². The first-order chi connectivity index (χ1) is 17.9. The lowest BCUT2D eigenvalue weighted by atomic mass is 10.1. The molecular weight excluding hydrogens is 514 g/mol. The molecule has 5 rings (SSSR count). The lowest BCUT2D eigenvalue weighted by Crippen LogP contribution is -2.54. The number of rotatable bonds is 5. The highest BCUT2D eigenvalue weighted by molar-refractivity contribution is 5.73. The van der Waals surface area contributed by atoms with Gasteiger partial charge in [-0.2, -0.15) is 18.3 Å². The van der Waals surface area contributed by atoms with Crippen LogP contribution in [0.4, 0.5) is 17.6 Å². The lowest BCUT2D eigenvalue weighted by molar-refractivity contribution is -0.192. The number of nitrogens with zero attached hydrogens (tertiary/aromatic N) is 4. The van der Waals surface area contributed by atoms with E-state index in [2.05, 4.69) is 15.0 Å². The Hall–Kier alpha value is -3.52. The van der Waals surface area contributed by atoms with Gasteiger partial charge in [0.05, 0.1) is 18.3 Å². The minimum absolute atomic E-state index is 0.0221. The second kappa shape index (κ2) is 11.1. The summed E-state index contributed by atoms with van der Waals surface area (Å²) in [5.41, 5.74) is 1.36. The summed E-state index contributed by atoms with van der Waals surface area (Å²) in [5.74, 6) is -1.87. The molecule has 0 amide bonds. The van der Waals surface area contributed by atoms with Crippen LogP contribution in [0.15, 0.2) is 29.2 Å². The number of carboxylic acid groups (broad SMARTS) is 1. The van der Waals surface area contributed by atoms with Crippen molar-refractivity contribution in [3.05, 3.63) is 52.0 Å². The molecule has 3 aromatic rings. The molecule has 2 fully saturated rings. The molecule has 1 unspecified atom stereocenters. The van der Waals surface area contributed by atoms with Crippen LogP contribution in [0.2, 0.25) is 0 Å². The molecule has 38 heavy (non-hydrogen) atoms. The molecule has 206 valence electrons. The van der Waals surface area contributed by atoms with Crippen molar-refractivity contribution >= 4 is 17.0 Å². The topological polar surface area (TPSA) is 123 Å². The normalized spacial score (nSPS) is 17.9. The summed E-state index contributed by atoms with van der Waals surface area (Å²) >= 11 is 0. The number of halogens is 4. The third-order valence-corrected chi connectivity index (χ3v) is 6.52. The number of aliphatic carboxylic acids is 1. The summed E-state index contributed by atoms with van der Waals surface area (Å²) in [6, 6.07) is 4.69. The van der Waals surface area contributed by atoms with Crippen LogP contribution < -0.4 is 10.3 Å². The number of ether oxygens (including phenoxy) is 2. The van der Waals surface area contributed by atoms with Crippen LogP contribution in [0.1, 0.15) is 43.2 Å². The highest BCUT2D eigenvalue weighted by Gasteiger charge is 2.38. The fourth-order valence-corrected chi connectivity index (χ4v) is 4.26. The molecule has 2 aliphatic heterocycles. The highest BCUT2D eigenvalue weighted by atomic mass is 19.4. The van der Waals surface area contributed by atoms with Crippen LogP contribution in [0.25, 0.3) is 11.0 Å². The van der Waals surface area contributed by atoms with Gasteiger partial charge in [0.25, 0.3) is 5.56 Å². The van der Waals surface area contributed by atoms with Gasteiger partial charge in [-0.25, -0.2) is 18.9 Å². The first-order valence-corrected chi connectivity index (χ1v) is 12.0. The molecule has 0 bridgehead atoms. The number of alkyl halides is 3. The fourth-order valence-electron chi connectivity index (χ4n) is 4.26. The molecule has 2 N–H and O–H groups in total. The number of aryl methyl sites for hydroxylation is 1. The van der Waals surface area contributed by atoms with Crippen molar-refractivity contribution in [2.75, 3.05) is 26.3 Å². The van der Waals surface area contributed by atoms with E-state index in [1.165, 1.54) is 12.1 Å². The van der Waals surface area contributed by atoms with E-state index in [1.807, 2.05) is 18.5 Å². The average Bonchev–Trinajstić information content (AvgIpc) is 3.28. The van der Waals surface area contributed by atoms with Crippen molar-refractivity contribution in [1.82, 2.24) is 24.6 Å². The number of H-pyrrole nitrogens is 1. The number of carbonyl (C=O) groups is 1. The Balaban J connectivity index is 0.000000426. The van der Waals surface area contributed by atoms with E-state index < -0.39 is 12.1 Å². The number of aromatic nitrogens is 4. The quantitative estimate of drug-likeness (QED) is 0.472. The lowest BCUT2D eigenvalue weighted by Gasteiger charge is -2.42. The number of hydrogen-bond acceptors (Lipinski definition) is 7. The van der Waals surface area contributed by atoms with Gasteiger partial charge in [-0.1, -0.05) is 6.07 Å². The maximum absolute atomic E-state index is 13.5. The smallest absolute Gasteiger partial charge is 0.487 e. The molecule has 4 heterocycles. The molecule has 14 heteroatoms. The number of carboxylic acids is 1. The predicted octanol–water partition coefficient (Wildman–Crippen LogP) is 3.38. The molecule has 1 atom stereocenters. The van der Waals surface area contributed by atoms with E-state index in [1.54, 1.807) is 12.3 Å². The van der Waals surface area contributed by atoms with E-state index in [0.717, 1.165) is 18.4 Å². The van der Waals surface area contributed by atoms with Gasteiger partial charge in [-0.05, 0) is 38.3 Å². The van der Waals surface area contributed by atoms with Gasteiger partial charge in [0, 0.05) is 32.4 Å². The van der Waals surface area contributed by atoms with Gasteiger partial charge in [0.1, 0.15) is 28.9 Å². The van der Waals surface area contributed by atoms with Crippen molar-refractivity contribution < 1.29 is 36.9 Å². The molecule has 0 saturated carbocycles. The van der Waals surface area contributed by atoms with Gasteiger partial charge in [-0.3, -0.25) is 9.69 Å². The number of likely N-dealkylation sites (tertiary alicyclic amines) is 1. The largest absolute Gasteiger partial charge is 0.490 e. The number of benzene rings is 1. The van der Waals surface area contributed by atoms with Gasteiger partial charge >= 0.3 is 12.1 Å². The fraction of sp³-hybridized carbons (Fsp3) is 0.500. The summed E-state index contributed by atoms with van der Waals surface area (Å²) < 4.78 is 58.5. The predicted molar refractivity (Wildman–Crippen MR) is 126 cm³/mol. The highest BCUT2D eigenvalue weighted by Crippen LogP contribution is 2.29. The Bertz CT molecular complexity index is 1350. The van der Waals surface area contributed by atoms with Gasteiger partial charge in [0.2, 0.25) is 0 Å². The summed E-state index contributed by atoms with van der Waals surface area (Å²) in [6.07, 6.45) is -1.78. The van der Waals surface area contributed by atoms with E-state index >= 15 is 0 Å². The Morgan fingerprint density at radius 2 is 1.92 bits per heavy atom. The Morgan fingerprint density at radius 1 is 1.26 bits per heavy atom. The monoisotopic (exact) mass is 541 g/mol. The van der Waals surface area contributed by atoms with Crippen molar-refractivity contribution in [2.45, 2.75) is 51.1 Å². The minimum atomic E-state index is -5.08. The maximum atomic E-state index is 13.5. The third kappa shape index (κ3) is 6.13. The zero-order valence-electron chi connectivity index (χ0n) is 20.7. The molecule has 2 aromatic heterocycles. The van der Waals surface area contributed by atoms with E-state index in [-0.39, 0.29) is 29.6 Å². The number of aromatic amines is 1. The molecule has 2 aliphatic rings. The zero-order chi connectivity index (χ0) is 27.6. The van der Waals surface area contributed by atoms with Crippen molar-refractivity contribution in [3.8, 4) is 5.75 Å². The van der Waals surface area contributed by atoms with Gasteiger partial charge in [0.15, 0.2) is 5.65 Å². The Kier molecular flexibility index (Phi) is 8.02. The van der Waals surface area contributed by atoms with E-state index in [4.69, 9.17) is 24.4 Å². The molecule has 2 saturated heterocycles. The van der Waals surface area contributed by atoms with Gasteiger partial charge in [-0.15, -0.1) is 0 Å². The third-order valence-electron chi connectivity index (χ3n) is 6.52. The Morgan fingerprint density at radius 3 is 2.55 bits per heavy atom. The van der Waals surface area contributed by atoms with E-state index in [0.29, 0.717) is 48.9 Å². The van der Waals surface area contributed by atoms with Crippen LogP contribution in [0.5, 0.6) is 5.75 Å². The summed E-state index contributed by atoms with van der Waals surface area (Å²) in [4.78, 5) is 31.4. The van der Waals surface area contributed by atoms with Crippen molar-refractivity contribution in [1.29, 1.82) is 0 Å². The van der Waals surface area contributed by atoms with Crippen LogP contribution in [0, 0.1) is 12.7 Å². The molecule has 1 aromatic carbocycles. The van der Waals surface area contributed by atoms with Crippen LogP contribution in [0.3, 0.4) is 0 Å². The second-order valence-electron chi connectivity index (χ2n) is 9.20.